The smallest absolute Gasteiger partial charge is 0.119 e. The van der Waals surface area contributed by atoms with Crippen LogP contribution in [0, 0.1) is 18.8 Å². The zero-order valence-corrected chi connectivity index (χ0v) is 11.5. The van der Waals surface area contributed by atoms with Gasteiger partial charge < -0.3 is 9.84 Å². The first-order chi connectivity index (χ1) is 9.78. The zero-order valence-electron chi connectivity index (χ0n) is 11.5. The Morgan fingerprint density at radius 2 is 2.10 bits per heavy atom. The molecule has 2 rings (SSSR count). The summed E-state index contributed by atoms with van der Waals surface area (Å²) in [5, 5.41) is 12.9. The predicted octanol–water partition coefficient (Wildman–Crippen LogP) is 2.00. The highest BCUT2D eigenvalue weighted by atomic mass is 16.5. The second-order valence-electron chi connectivity index (χ2n) is 4.43. The van der Waals surface area contributed by atoms with Gasteiger partial charge in [0.2, 0.25) is 0 Å². The summed E-state index contributed by atoms with van der Waals surface area (Å²) in [6.45, 7) is 3.42. The number of aliphatic hydroxyl groups excluding tert-OH is 1. The van der Waals surface area contributed by atoms with E-state index in [1.807, 2.05) is 48.3 Å². The summed E-state index contributed by atoms with van der Waals surface area (Å²) in [7, 11) is 0. The first-order valence-corrected chi connectivity index (χ1v) is 6.59. The highest BCUT2D eigenvalue weighted by Crippen LogP contribution is 2.11. The van der Waals surface area contributed by atoms with Crippen LogP contribution in [-0.4, -0.2) is 28.1 Å². The quantitative estimate of drug-likeness (QED) is 0.845. The monoisotopic (exact) mass is 270 g/mol. The van der Waals surface area contributed by atoms with E-state index in [9.17, 15) is 0 Å². The number of rotatable bonds is 5. The molecule has 0 unspecified atom stereocenters. The molecule has 0 atom stereocenters. The van der Waals surface area contributed by atoms with Gasteiger partial charge in [-0.2, -0.15) is 5.10 Å². The SMILES string of the molecule is Cc1cnn(CCOc2ccc(C#CCCO)cc2)c1. The number of hydrogen-bond acceptors (Lipinski definition) is 3. The standard InChI is InChI=1S/C16H18N2O2/c1-14-12-17-18(13-14)9-11-20-16-7-5-15(6-8-16)4-2-3-10-19/h5-8,12-13,19H,3,9-11H2,1H3. The molecule has 0 spiro atoms. The maximum Gasteiger partial charge on any atom is 0.119 e. The Labute approximate surface area is 119 Å². The fraction of sp³-hybridized carbons (Fsp3) is 0.312. The van der Waals surface area contributed by atoms with E-state index < -0.39 is 0 Å². The first kappa shape index (κ1) is 14.2. The number of hydrogen-bond donors (Lipinski definition) is 1. The molecule has 4 nitrogen and oxygen atoms in total. The van der Waals surface area contributed by atoms with Gasteiger partial charge in [-0.05, 0) is 36.8 Å². The lowest BCUT2D eigenvalue weighted by Crippen LogP contribution is -2.08. The Kier molecular flexibility index (Phi) is 5.22. The Morgan fingerprint density at radius 3 is 2.75 bits per heavy atom. The van der Waals surface area contributed by atoms with Crippen molar-refractivity contribution in [2.45, 2.75) is 19.9 Å². The van der Waals surface area contributed by atoms with Crippen LogP contribution in [-0.2, 0) is 6.54 Å². The van der Waals surface area contributed by atoms with Crippen molar-refractivity contribution in [3.8, 4) is 17.6 Å². The second-order valence-corrected chi connectivity index (χ2v) is 4.43. The second kappa shape index (κ2) is 7.37. The van der Waals surface area contributed by atoms with Crippen LogP contribution in [0.3, 0.4) is 0 Å². The Hall–Kier alpha value is -2.25. The van der Waals surface area contributed by atoms with Crippen molar-refractivity contribution >= 4 is 0 Å². The molecule has 0 saturated heterocycles. The summed E-state index contributed by atoms with van der Waals surface area (Å²) in [5.41, 5.74) is 2.07. The Bertz CT molecular complexity index is 591. The maximum absolute atomic E-state index is 8.65. The third kappa shape index (κ3) is 4.45. The average molecular weight is 270 g/mol. The van der Waals surface area contributed by atoms with E-state index in [0.717, 1.165) is 23.4 Å². The van der Waals surface area contributed by atoms with Crippen LogP contribution in [0.2, 0.25) is 0 Å². The van der Waals surface area contributed by atoms with E-state index in [2.05, 4.69) is 16.9 Å². The molecule has 0 bridgehead atoms. The molecule has 4 heteroatoms. The topological polar surface area (TPSA) is 47.3 Å². The van der Waals surface area contributed by atoms with Crippen molar-refractivity contribution < 1.29 is 9.84 Å². The van der Waals surface area contributed by atoms with Gasteiger partial charge in [-0.3, -0.25) is 4.68 Å². The van der Waals surface area contributed by atoms with E-state index >= 15 is 0 Å². The summed E-state index contributed by atoms with van der Waals surface area (Å²) < 4.78 is 7.52. The van der Waals surface area contributed by atoms with E-state index in [-0.39, 0.29) is 6.61 Å². The number of ether oxygens (including phenoxy) is 1. The third-order valence-electron chi connectivity index (χ3n) is 2.68. The maximum atomic E-state index is 8.65. The molecule has 0 amide bonds. The molecule has 2 aromatic rings. The molecule has 0 aliphatic carbocycles. The molecule has 0 fully saturated rings. The molecule has 1 heterocycles. The predicted molar refractivity (Wildman–Crippen MR) is 77.5 cm³/mol. The van der Waals surface area contributed by atoms with Gasteiger partial charge in [0.1, 0.15) is 12.4 Å². The fourth-order valence-corrected chi connectivity index (χ4v) is 1.70. The third-order valence-corrected chi connectivity index (χ3v) is 2.68. The van der Waals surface area contributed by atoms with Gasteiger partial charge in [-0.25, -0.2) is 0 Å². The fourth-order valence-electron chi connectivity index (χ4n) is 1.70. The van der Waals surface area contributed by atoms with Crippen LogP contribution in [0.15, 0.2) is 36.7 Å². The minimum absolute atomic E-state index is 0.0983. The minimum Gasteiger partial charge on any atom is -0.492 e. The van der Waals surface area contributed by atoms with Gasteiger partial charge in [0.05, 0.1) is 19.3 Å². The normalized spacial score (nSPS) is 9.90. The number of aliphatic hydroxyl groups is 1. The Morgan fingerprint density at radius 1 is 1.30 bits per heavy atom. The number of aryl methyl sites for hydroxylation is 1. The minimum atomic E-state index is 0.0983. The lowest BCUT2D eigenvalue weighted by molar-refractivity contribution is 0.291. The van der Waals surface area contributed by atoms with Crippen LogP contribution in [0.25, 0.3) is 0 Å². The number of aromatic nitrogens is 2. The Balaban J connectivity index is 1.80. The van der Waals surface area contributed by atoms with Gasteiger partial charge in [0, 0.05) is 18.2 Å². The average Bonchev–Trinajstić information content (AvgIpc) is 2.87. The van der Waals surface area contributed by atoms with Gasteiger partial charge in [-0.15, -0.1) is 0 Å². The molecule has 1 N–H and O–H groups in total. The molecule has 20 heavy (non-hydrogen) atoms. The molecule has 1 aromatic carbocycles. The van der Waals surface area contributed by atoms with Crippen LogP contribution in [0.5, 0.6) is 5.75 Å². The van der Waals surface area contributed by atoms with Crippen molar-refractivity contribution in [2.75, 3.05) is 13.2 Å². The summed E-state index contributed by atoms with van der Waals surface area (Å²) in [4.78, 5) is 0. The molecule has 0 aliphatic rings. The lowest BCUT2D eigenvalue weighted by atomic mass is 10.2. The highest BCUT2D eigenvalue weighted by Gasteiger charge is 1.96. The molecule has 0 radical (unpaired) electrons. The molecular weight excluding hydrogens is 252 g/mol. The summed E-state index contributed by atoms with van der Waals surface area (Å²) >= 11 is 0. The summed E-state index contributed by atoms with van der Waals surface area (Å²) in [6, 6.07) is 7.63. The van der Waals surface area contributed by atoms with Crippen molar-refractivity contribution in [3.05, 3.63) is 47.8 Å². The summed E-state index contributed by atoms with van der Waals surface area (Å²) in [6.07, 6.45) is 4.32. The molecule has 1 aromatic heterocycles. The van der Waals surface area contributed by atoms with Crippen LogP contribution >= 0.6 is 0 Å². The van der Waals surface area contributed by atoms with Crippen LogP contribution in [0.4, 0.5) is 0 Å². The zero-order chi connectivity index (χ0) is 14.2. The van der Waals surface area contributed by atoms with Gasteiger partial charge in [-0.1, -0.05) is 11.8 Å². The van der Waals surface area contributed by atoms with Crippen molar-refractivity contribution in [2.24, 2.45) is 0 Å². The van der Waals surface area contributed by atoms with Crippen molar-refractivity contribution in [1.29, 1.82) is 0 Å². The highest BCUT2D eigenvalue weighted by molar-refractivity contribution is 5.38. The van der Waals surface area contributed by atoms with Crippen LogP contribution in [0.1, 0.15) is 17.5 Å². The molecule has 104 valence electrons. The van der Waals surface area contributed by atoms with Gasteiger partial charge >= 0.3 is 0 Å². The lowest BCUT2D eigenvalue weighted by Gasteiger charge is -2.06. The number of nitrogens with zero attached hydrogens (tertiary/aromatic N) is 2. The van der Waals surface area contributed by atoms with E-state index in [4.69, 9.17) is 9.84 Å². The van der Waals surface area contributed by atoms with E-state index in [0.29, 0.717) is 13.0 Å². The molecular formula is C16H18N2O2. The van der Waals surface area contributed by atoms with Crippen molar-refractivity contribution in [1.82, 2.24) is 9.78 Å². The van der Waals surface area contributed by atoms with Crippen LogP contribution < -0.4 is 4.74 Å². The summed E-state index contributed by atoms with van der Waals surface area (Å²) in [5.74, 6) is 6.68. The number of benzene rings is 1. The molecule has 0 aliphatic heterocycles. The van der Waals surface area contributed by atoms with E-state index in [1.165, 1.54) is 0 Å². The largest absolute Gasteiger partial charge is 0.492 e. The van der Waals surface area contributed by atoms with Gasteiger partial charge in [0.15, 0.2) is 0 Å². The first-order valence-electron chi connectivity index (χ1n) is 6.59. The van der Waals surface area contributed by atoms with E-state index in [1.54, 1.807) is 0 Å². The molecule has 0 saturated carbocycles. The van der Waals surface area contributed by atoms with Crippen molar-refractivity contribution in [3.63, 3.8) is 0 Å². The van der Waals surface area contributed by atoms with Gasteiger partial charge in [0.25, 0.3) is 0 Å².